The van der Waals surface area contributed by atoms with Gasteiger partial charge in [-0.3, -0.25) is 10.1 Å². The Balaban J connectivity index is 2.51. The van der Waals surface area contributed by atoms with Crippen molar-refractivity contribution >= 4 is 17.7 Å². The molecule has 0 heterocycles. The van der Waals surface area contributed by atoms with Crippen molar-refractivity contribution in [3.63, 3.8) is 0 Å². The Bertz CT molecular complexity index is 533. The molecule has 0 spiro atoms. The molecule has 0 aromatic heterocycles. The summed E-state index contributed by atoms with van der Waals surface area (Å²) in [7, 11) is 0. The van der Waals surface area contributed by atoms with E-state index in [0.29, 0.717) is 11.3 Å². The van der Waals surface area contributed by atoms with Gasteiger partial charge in [-0.05, 0) is 58.4 Å². The average Bonchev–Trinajstić information content (AvgIpc) is 2.46. The summed E-state index contributed by atoms with van der Waals surface area (Å²) in [6.07, 6.45) is 3.95. The molecule has 5 nitrogen and oxygen atoms in total. The fourth-order valence-electron chi connectivity index (χ4n) is 2.21. The molecule has 24 heavy (non-hydrogen) atoms. The lowest BCUT2D eigenvalue weighted by molar-refractivity contribution is 0.0635. The Hall–Kier alpha value is -2.04. The number of hydrogen-bond donors (Lipinski definition) is 2. The van der Waals surface area contributed by atoms with Gasteiger partial charge in [0.2, 0.25) is 0 Å². The lowest BCUT2D eigenvalue weighted by Gasteiger charge is -2.19. The number of anilines is 1. The quantitative estimate of drug-likeness (QED) is 0.708. The van der Waals surface area contributed by atoms with Gasteiger partial charge in [-0.15, -0.1) is 0 Å². The van der Waals surface area contributed by atoms with Gasteiger partial charge in [-0.2, -0.15) is 0 Å². The van der Waals surface area contributed by atoms with Crippen LogP contribution >= 0.6 is 0 Å². The number of carbonyl (C=O) groups is 2. The zero-order valence-electron chi connectivity index (χ0n) is 15.4. The molecule has 1 rings (SSSR count). The van der Waals surface area contributed by atoms with Crippen LogP contribution in [-0.2, 0) is 4.74 Å². The monoisotopic (exact) mass is 334 g/mol. The van der Waals surface area contributed by atoms with Crippen molar-refractivity contribution in [2.45, 2.75) is 71.9 Å². The van der Waals surface area contributed by atoms with E-state index in [1.54, 1.807) is 24.3 Å². The summed E-state index contributed by atoms with van der Waals surface area (Å²) in [4.78, 5) is 23.9. The first-order chi connectivity index (χ1) is 11.2. The third kappa shape index (κ3) is 7.99. The molecule has 5 heteroatoms. The number of carbonyl (C=O) groups excluding carboxylic acids is 2. The number of benzene rings is 1. The summed E-state index contributed by atoms with van der Waals surface area (Å²) in [5, 5.41) is 5.64. The highest BCUT2D eigenvalue weighted by Crippen LogP contribution is 2.13. The first-order valence-corrected chi connectivity index (χ1v) is 8.62. The van der Waals surface area contributed by atoms with Crippen molar-refractivity contribution in [1.82, 2.24) is 5.32 Å². The summed E-state index contributed by atoms with van der Waals surface area (Å²) >= 11 is 0. The topological polar surface area (TPSA) is 67.4 Å². The number of nitrogens with one attached hydrogen (secondary N) is 2. The molecule has 0 fully saturated rings. The summed E-state index contributed by atoms with van der Waals surface area (Å²) < 4.78 is 5.19. The van der Waals surface area contributed by atoms with Crippen LogP contribution in [0.5, 0.6) is 0 Å². The van der Waals surface area contributed by atoms with Gasteiger partial charge in [-0.1, -0.05) is 26.2 Å². The fourth-order valence-corrected chi connectivity index (χ4v) is 2.21. The Morgan fingerprint density at radius 2 is 1.75 bits per heavy atom. The van der Waals surface area contributed by atoms with Gasteiger partial charge in [0.15, 0.2) is 0 Å². The standard InChI is InChI=1S/C19H30N2O3/c1-6-7-8-9-14(2)20-17(22)15-10-12-16(13-11-15)21-18(23)24-19(3,4)5/h10-14H,6-9H2,1-5H3,(H,20,22)(H,21,23). The smallest absolute Gasteiger partial charge is 0.412 e. The summed E-state index contributed by atoms with van der Waals surface area (Å²) in [5.41, 5.74) is 0.626. The molecule has 1 unspecified atom stereocenters. The van der Waals surface area contributed by atoms with Crippen molar-refractivity contribution < 1.29 is 14.3 Å². The van der Waals surface area contributed by atoms with Crippen molar-refractivity contribution in [3.05, 3.63) is 29.8 Å². The molecule has 0 bridgehead atoms. The maximum atomic E-state index is 12.2. The molecule has 2 amide bonds. The van der Waals surface area contributed by atoms with Crippen LogP contribution in [0.2, 0.25) is 0 Å². The fraction of sp³-hybridized carbons (Fsp3) is 0.579. The van der Waals surface area contributed by atoms with Crippen LogP contribution in [0.15, 0.2) is 24.3 Å². The third-order valence-electron chi connectivity index (χ3n) is 3.41. The van der Waals surface area contributed by atoms with E-state index >= 15 is 0 Å². The van der Waals surface area contributed by atoms with Crippen LogP contribution in [0.1, 0.15) is 70.7 Å². The molecule has 0 aliphatic rings. The van der Waals surface area contributed by atoms with Gasteiger partial charge in [0.25, 0.3) is 5.91 Å². The van der Waals surface area contributed by atoms with E-state index in [0.717, 1.165) is 12.8 Å². The molecule has 0 saturated heterocycles. The van der Waals surface area contributed by atoms with E-state index in [1.807, 2.05) is 27.7 Å². The zero-order valence-corrected chi connectivity index (χ0v) is 15.4. The van der Waals surface area contributed by atoms with E-state index in [1.165, 1.54) is 12.8 Å². The van der Waals surface area contributed by atoms with Crippen LogP contribution in [0, 0.1) is 0 Å². The minimum absolute atomic E-state index is 0.0946. The number of rotatable bonds is 7. The summed E-state index contributed by atoms with van der Waals surface area (Å²) in [5.74, 6) is -0.0946. The second kappa shape index (κ2) is 9.30. The Labute approximate surface area is 145 Å². The van der Waals surface area contributed by atoms with Crippen LogP contribution in [0.4, 0.5) is 10.5 Å². The van der Waals surface area contributed by atoms with Gasteiger partial charge in [-0.25, -0.2) is 4.79 Å². The number of unbranched alkanes of at least 4 members (excludes halogenated alkanes) is 2. The molecule has 2 N–H and O–H groups in total. The van der Waals surface area contributed by atoms with E-state index < -0.39 is 11.7 Å². The predicted octanol–water partition coefficient (Wildman–Crippen LogP) is 4.73. The maximum Gasteiger partial charge on any atom is 0.412 e. The second-order valence-corrected chi connectivity index (χ2v) is 7.07. The summed E-state index contributed by atoms with van der Waals surface area (Å²) in [6.45, 7) is 9.60. The highest BCUT2D eigenvalue weighted by atomic mass is 16.6. The minimum Gasteiger partial charge on any atom is -0.444 e. The van der Waals surface area contributed by atoms with Crippen molar-refractivity contribution in [1.29, 1.82) is 0 Å². The molecular formula is C19H30N2O3. The van der Waals surface area contributed by atoms with Gasteiger partial charge >= 0.3 is 6.09 Å². The average molecular weight is 334 g/mol. The third-order valence-corrected chi connectivity index (χ3v) is 3.41. The molecule has 0 aliphatic carbocycles. The minimum atomic E-state index is -0.544. The first kappa shape index (κ1) is 20.0. The van der Waals surface area contributed by atoms with E-state index in [2.05, 4.69) is 17.6 Å². The highest BCUT2D eigenvalue weighted by molar-refractivity contribution is 5.95. The lowest BCUT2D eigenvalue weighted by Crippen LogP contribution is -2.32. The number of hydrogen-bond acceptors (Lipinski definition) is 3. The van der Waals surface area contributed by atoms with E-state index in [-0.39, 0.29) is 11.9 Å². The van der Waals surface area contributed by atoms with E-state index in [9.17, 15) is 9.59 Å². The predicted molar refractivity (Wildman–Crippen MR) is 97.4 cm³/mol. The van der Waals surface area contributed by atoms with Gasteiger partial charge in [0, 0.05) is 17.3 Å². The second-order valence-electron chi connectivity index (χ2n) is 7.07. The maximum absolute atomic E-state index is 12.2. The molecule has 1 aromatic rings. The molecule has 134 valence electrons. The van der Waals surface area contributed by atoms with Gasteiger partial charge < -0.3 is 10.1 Å². The van der Waals surface area contributed by atoms with E-state index in [4.69, 9.17) is 4.74 Å². The van der Waals surface area contributed by atoms with Crippen LogP contribution in [0.25, 0.3) is 0 Å². The highest BCUT2D eigenvalue weighted by Gasteiger charge is 2.16. The van der Waals surface area contributed by atoms with Crippen LogP contribution in [0.3, 0.4) is 0 Å². The lowest BCUT2D eigenvalue weighted by atomic mass is 10.1. The van der Waals surface area contributed by atoms with Crippen molar-refractivity contribution in [2.75, 3.05) is 5.32 Å². The van der Waals surface area contributed by atoms with Crippen LogP contribution < -0.4 is 10.6 Å². The Morgan fingerprint density at radius 3 is 2.29 bits per heavy atom. The molecule has 1 aromatic carbocycles. The largest absolute Gasteiger partial charge is 0.444 e. The molecular weight excluding hydrogens is 304 g/mol. The van der Waals surface area contributed by atoms with Gasteiger partial charge in [0.1, 0.15) is 5.60 Å². The number of ether oxygens (including phenoxy) is 1. The SMILES string of the molecule is CCCCCC(C)NC(=O)c1ccc(NC(=O)OC(C)(C)C)cc1. The molecule has 1 atom stereocenters. The molecule has 0 saturated carbocycles. The normalized spacial score (nSPS) is 12.4. The van der Waals surface area contributed by atoms with Crippen molar-refractivity contribution in [2.24, 2.45) is 0 Å². The summed E-state index contributed by atoms with van der Waals surface area (Å²) in [6, 6.07) is 6.94. The first-order valence-electron chi connectivity index (χ1n) is 8.62. The Morgan fingerprint density at radius 1 is 1.12 bits per heavy atom. The van der Waals surface area contributed by atoms with Crippen LogP contribution in [-0.4, -0.2) is 23.6 Å². The molecule has 0 aliphatic heterocycles. The van der Waals surface area contributed by atoms with Crippen molar-refractivity contribution in [3.8, 4) is 0 Å². The van der Waals surface area contributed by atoms with Gasteiger partial charge in [0.05, 0.1) is 0 Å². The zero-order chi connectivity index (χ0) is 18.2. The Kier molecular flexibility index (Phi) is 7.75. The number of amides is 2. The molecule has 0 radical (unpaired) electrons.